The zero-order valence-corrected chi connectivity index (χ0v) is 16.9. The number of halogens is 3. The molecule has 0 atom stereocenters. The number of nitrogens with one attached hydrogen (secondary N) is 1. The summed E-state index contributed by atoms with van der Waals surface area (Å²) in [6.45, 7) is -2.63. The molecule has 0 saturated heterocycles. The number of alkyl halides is 2. The molecule has 3 aromatic rings. The molecule has 0 saturated carbocycles. The van der Waals surface area contributed by atoms with Crippen LogP contribution in [0.25, 0.3) is 10.6 Å². The average molecular weight is 439 g/mol. The number of methoxy groups -OCH3 is 1. The first-order valence-corrected chi connectivity index (χ1v) is 9.78. The van der Waals surface area contributed by atoms with Gasteiger partial charge in [-0.2, -0.15) is 8.78 Å². The van der Waals surface area contributed by atoms with Crippen molar-refractivity contribution in [2.24, 2.45) is 0 Å². The largest absolute Gasteiger partial charge is 0.493 e. The molecule has 0 fully saturated rings. The van der Waals surface area contributed by atoms with Crippen molar-refractivity contribution in [3.05, 3.63) is 64.1 Å². The van der Waals surface area contributed by atoms with Gasteiger partial charge in [0.05, 0.1) is 18.3 Å². The first-order chi connectivity index (χ1) is 14.0. The van der Waals surface area contributed by atoms with Crippen molar-refractivity contribution in [1.29, 1.82) is 0 Å². The molecule has 1 N–H and O–H groups in total. The molecule has 0 bridgehead atoms. The second-order valence-electron chi connectivity index (χ2n) is 5.88. The van der Waals surface area contributed by atoms with E-state index >= 15 is 0 Å². The number of carbonyl (C=O) groups excluding carboxylic acids is 1. The van der Waals surface area contributed by atoms with Crippen molar-refractivity contribution in [3.63, 3.8) is 0 Å². The van der Waals surface area contributed by atoms with Gasteiger partial charge in [0.15, 0.2) is 11.5 Å². The number of rotatable bonds is 8. The summed E-state index contributed by atoms with van der Waals surface area (Å²) in [5, 5.41) is 4.02. The highest BCUT2D eigenvalue weighted by Gasteiger charge is 2.14. The van der Waals surface area contributed by atoms with E-state index in [-0.39, 0.29) is 17.4 Å². The van der Waals surface area contributed by atoms with Gasteiger partial charge in [0, 0.05) is 12.1 Å². The lowest BCUT2D eigenvalue weighted by atomic mass is 10.1. The van der Waals surface area contributed by atoms with Crippen LogP contribution < -0.4 is 14.8 Å². The maximum absolute atomic E-state index is 12.5. The van der Waals surface area contributed by atoms with Gasteiger partial charge in [-0.15, -0.1) is 11.3 Å². The van der Waals surface area contributed by atoms with Crippen LogP contribution >= 0.6 is 22.9 Å². The molecule has 2 aromatic carbocycles. The number of amides is 1. The molecule has 3 rings (SSSR count). The Morgan fingerprint density at radius 1 is 1.24 bits per heavy atom. The number of hydrogen-bond donors (Lipinski definition) is 1. The molecule has 1 heterocycles. The number of aromatic nitrogens is 1. The molecule has 0 radical (unpaired) electrons. The lowest BCUT2D eigenvalue weighted by Gasteiger charge is -2.11. The van der Waals surface area contributed by atoms with Crippen LogP contribution in [-0.4, -0.2) is 31.2 Å². The summed E-state index contributed by atoms with van der Waals surface area (Å²) in [6.07, 6.45) is 1.94. The Bertz CT molecular complexity index is 997. The second kappa shape index (κ2) is 9.67. The quantitative estimate of drug-likeness (QED) is 0.535. The summed E-state index contributed by atoms with van der Waals surface area (Å²) >= 11 is 7.41. The third-order valence-electron chi connectivity index (χ3n) is 3.98. The van der Waals surface area contributed by atoms with Crippen LogP contribution in [0.15, 0.2) is 48.7 Å². The van der Waals surface area contributed by atoms with E-state index in [9.17, 15) is 13.6 Å². The Morgan fingerprint density at radius 2 is 2.03 bits per heavy atom. The minimum atomic E-state index is -2.95. The summed E-state index contributed by atoms with van der Waals surface area (Å²) < 4.78 is 34.5. The molecule has 1 aromatic heterocycles. The number of carbonyl (C=O) groups is 1. The smallest absolute Gasteiger partial charge is 0.387 e. The molecular weight excluding hydrogens is 422 g/mol. The Labute approximate surface area is 175 Å². The normalized spacial score (nSPS) is 10.8. The van der Waals surface area contributed by atoms with Crippen LogP contribution in [0.5, 0.6) is 11.5 Å². The first-order valence-electron chi connectivity index (χ1n) is 8.58. The molecule has 0 aliphatic carbocycles. The third kappa shape index (κ3) is 5.42. The summed E-state index contributed by atoms with van der Waals surface area (Å²) in [6, 6.07) is 12.0. The van der Waals surface area contributed by atoms with Crippen LogP contribution in [0.3, 0.4) is 0 Å². The summed E-state index contributed by atoms with van der Waals surface area (Å²) in [5.41, 5.74) is 1.49. The molecule has 0 spiro atoms. The van der Waals surface area contributed by atoms with Gasteiger partial charge in [-0.05, 0) is 30.2 Å². The Kier molecular flexibility index (Phi) is 7.00. The highest BCUT2D eigenvalue weighted by atomic mass is 35.5. The molecule has 29 heavy (non-hydrogen) atoms. The van der Waals surface area contributed by atoms with Gasteiger partial charge in [-0.3, -0.25) is 4.79 Å². The molecule has 5 nitrogen and oxygen atoms in total. The Hall–Kier alpha value is -2.71. The van der Waals surface area contributed by atoms with Crippen LogP contribution in [0.4, 0.5) is 8.78 Å². The zero-order chi connectivity index (χ0) is 20.8. The number of thiazole rings is 1. The molecule has 9 heteroatoms. The van der Waals surface area contributed by atoms with Crippen LogP contribution in [0, 0.1) is 0 Å². The van der Waals surface area contributed by atoms with Gasteiger partial charge in [-0.1, -0.05) is 35.9 Å². The average Bonchev–Trinajstić information content (AvgIpc) is 3.18. The lowest BCUT2D eigenvalue weighted by Crippen LogP contribution is -2.24. The van der Waals surface area contributed by atoms with Crippen molar-refractivity contribution < 1.29 is 23.0 Å². The van der Waals surface area contributed by atoms with E-state index in [1.54, 1.807) is 18.2 Å². The number of hydrogen-bond acceptors (Lipinski definition) is 5. The van der Waals surface area contributed by atoms with Crippen molar-refractivity contribution in [2.75, 3.05) is 13.7 Å². The van der Waals surface area contributed by atoms with Gasteiger partial charge in [0.25, 0.3) is 5.91 Å². The standard InChI is InChI=1S/C20H17ClF2N2O3S/c1-27-15-7-6-12(10-16(15)28-20(22)23)8-9-24-18(26)17-11-25-19(29-17)13-4-2-3-5-14(13)21/h2-7,10-11,20H,8-9H2,1H3,(H,24,26). The highest BCUT2D eigenvalue weighted by Crippen LogP contribution is 2.31. The van der Waals surface area contributed by atoms with E-state index < -0.39 is 6.61 Å². The van der Waals surface area contributed by atoms with Crippen molar-refractivity contribution in [1.82, 2.24) is 10.3 Å². The highest BCUT2D eigenvalue weighted by molar-refractivity contribution is 7.17. The van der Waals surface area contributed by atoms with E-state index in [4.69, 9.17) is 16.3 Å². The fourth-order valence-corrected chi connectivity index (χ4v) is 3.76. The zero-order valence-electron chi connectivity index (χ0n) is 15.3. The molecule has 152 valence electrons. The second-order valence-corrected chi connectivity index (χ2v) is 7.32. The number of benzene rings is 2. The number of nitrogens with zero attached hydrogens (tertiary/aromatic N) is 1. The van der Waals surface area contributed by atoms with E-state index in [1.165, 1.54) is 30.7 Å². The first kappa shape index (κ1) is 21.0. The van der Waals surface area contributed by atoms with E-state index in [0.717, 1.165) is 11.1 Å². The van der Waals surface area contributed by atoms with Crippen LogP contribution in [0.1, 0.15) is 15.2 Å². The third-order valence-corrected chi connectivity index (χ3v) is 5.34. The minimum absolute atomic E-state index is 0.0434. The van der Waals surface area contributed by atoms with Crippen LogP contribution in [0.2, 0.25) is 5.02 Å². The van der Waals surface area contributed by atoms with Gasteiger partial charge in [0.1, 0.15) is 9.88 Å². The topological polar surface area (TPSA) is 60.5 Å². The molecule has 0 aliphatic rings. The fourth-order valence-electron chi connectivity index (χ4n) is 2.61. The molecule has 1 amide bonds. The minimum Gasteiger partial charge on any atom is -0.493 e. The number of ether oxygens (including phenoxy) is 2. The molecular formula is C20H17ClF2N2O3S. The maximum Gasteiger partial charge on any atom is 0.387 e. The van der Waals surface area contributed by atoms with Crippen molar-refractivity contribution in [2.45, 2.75) is 13.0 Å². The Balaban J connectivity index is 1.60. The fraction of sp³-hybridized carbons (Fsp3) is 0.200. The van der Waals surface area contributed by atoms with Crippen LogP contribution in [-0.2, 0) is 6.42 Å². The van der Waals surface area contributed by atoms with Crippen molar-refractivity contribution >= 4 is 28.8 Å². The van der Waals surface area contributed by atoms with Gasteiger partial charge in [0.2, 0.25) is 0 Å². The summed E-state index contributed by atoms with van der Waals surface area (Å²) in [7, 11) is 1.37. The predicted octanol–water partition coefficient (Wildman–Crippen LogP) is 5.05. The van der Waals surface area contributed by atoms with Gasteiger partial charge >= 0.3 is 6.61 Å². The lowest BCUT2D eigenvalue weighted by molar-refractivity contribution is -0.0512. The molecule has 0 unspecified atom stereocenters. The SMILES string of the molecule is COc1ccc(CCNC(=O)c2cnc(-c3ccccc3Cl)s2)cc1OC(F)F. The van der Waals surface area contributed by atoms with E-state index in [0.29, 0.717) is 27.9 Å². The maximum atomic E-state index is 12.5. The Morgan fingerprint density at radius 3 is 2.76 bits per heavy atom. The van der Waals surface area contributed by atoms with Gasteiger partial charge < -0.3 is 14.8 Å². The van der Waals surface area contributed by atoms with E-state index in [2.05, 4.69) is 15.0 Å². The van der Waals surface area contributed by atoms with Gasteiger partial charge in [-0.25, -0.2) is 4.98 Å². The molecule has 0 aliphatic heterocycles. The summed E-state index contributed by atoms with van der Waals surface area (Å²) in [5.74, 6) is -0.0913. The van der Waals surface area contributed by atoms with E-state index in [1.807, 2.05) is 18.2 Å². The monoisotopic (exact) mass is 438 g/mol. The predicted molar refractivity (Wildman–Crippen MR) is 108 cm³/mol. The van der Waals surface area contributed by atoms with Crippen molar-refractivity contribution in [3.8, 4) is 22.1 Å². The summed E-state index contributed by atoms with van der Waals surface area (Å²) in [4.78, 5) is 17.1.